The zero-order valence-electron chi connectivity index (χ0n) is 10.1. The number of hydrogen-bond acceptors (Lipinski definition) is 4. The van der Waals surface area contributed by atoms with Crippen molar-refractivity contribution in [1.29, 1.82) is 0 Å². The zero-order valence-corrected chi connectivity index (χ0v) is 10.9. The van der Waals surface area contributed by atoms with Crippen LogP contribution in [0.15, 0.2) is 11.1 Å². The molecular formula is C10H18N4O2S. The molecule has 0 saturated heterocycles. The predicted molar refractivity (Wildman–Crippen MR) is 64.9 cm³/mol. The van der Waals surface area contributed by atoms with Crippen molar-refractivity contribution in [1.82, 2.24) is 14.1 Å². The minimum absolute atomic E-state index is 0.0888. The predicted octanol–water partition coefficient (Wildman–Crippen LogP) is 0.658. The highest BCUT2D eigenvalue weighted by Gasteiger charge is 2.36. The number of nitrogen functional groups attached to an aromatic ring is 1. The SMILES string of the molecule is CCCn1cc(S(=O)(=O)N(C)C2CC2)c(N)n1. The van der Waals surface area contributed by atoms with E-state index in [0.717, 1.165) is 19.3 Å². The summed E-state index contributed by atoms with van der Waals surface area (Å²) < 4.78 is 27.5. The molecule has 2 rings (SSSR count). The standard InChI is InChI=1S/C10H18N4O2S/c1-3-6-14-7-9(10(11)12-14)17(15,16)13(2)8-4-5-8/h7-8H,3-6H2,1-2H3,(H2,11,12). The fraction of sp³-hybridized carbons (Fsp3) is 0.700. The molecule has 1 heterocycles. The van der Waals surface area contributed by atoms with Crippen LogP contribution in [0.5, 0.6) is 0 Å². The third-order valence-electron chi connectivity index (χ3n) is 2.93. The maximum Gasteiger partial charge on any atom is 0.248 e. The molecule has 7 heteroatoms. The van der Waals surface area contributed by atoms with Gasteiger partial charge in [-0.25, -0.2) is 8.42 Å². The molecule has 1 saturated carbocycles. The van der Waals surface area contributed by atoms with E-state index in [1.54, 1.807) is 11.7 Å². The number of aromatic nitrogens is 2. The van der Waals surface area contributed by atoms with Gasteiger partial charge >= 0.3 is 0 Å². The number of sulfonamides is 1. The van der Waals surface area contributed by atoms with E-state index in [2.05, 4.69) is 5.10 Å². The summed E-state index contributed by atoms with van der Waals surface area (Å²) in [6, 6.07) is 0.133. The van der Waals surface area contributed by atoms with E-state index >= 15 is 0 Å². The molecule has 1 aromatic rings. The minimum atomic E-state index is -3.48. The van der Waals surface area contributed by atoms with E-state index in [9.17, 15) is 8.42 Å². The lowest BCUT2D eigenvalue weighted by molar-refractivity contribution is 0.464. The molecule has 6 nitrogen and oxygen atoms in total. The summed E-state index contributed by atoms with van der Waals surface area (Å²) in [5.41, 5.74) is 5.68. The molecule has 2 N–H and O–H groups in total. The first-order chi connectivity index (χ1) is 7.96. The van der Waals surface area contributed by atoms with Gasteiger partial charge in [0.25, 0.3) is 0 Å². The van der Waals surface area contributed by atoms with Crippen LogP contribution < -0.4 is 5.73 Å². The largest absolute Gasteiger partial charge is 0.381 e. The average molecular weight is 258 g/mol. The van der Waals surface area contributed by atoms with Gasteiger partial charge in [-0.2, -0.15) is 9.40 Å². The number of hydrogen-bond donors (Lipinski definition) is 1. The smallest absolute Gasteiger partial charge is 0.248 e. The Bertz CT molecular complexity index is 504. The second-order valence-corrected chi connectivity index (χ2v) is 6.36. The number of rotatable bonds is 5. The molecule has 0 unspecified atom stereocenters. The molecule has 0 aliphatic heterocycles. The van der Waals surface area contributed by atoms with Gasteiger partial charge in [0, 0.05) is 25.8 Å². The number of aryl methyl sites for hydroxylation is 1. The summed E-state index contributed by atoms with van der Waals surface area (Å²) in [6.07, 6.45) is 4.27. The van der Waals surface area contributed by atoms with Crippen molar-refractivity contribution in [3.05, 3.63) is 6.20 Å². The summed E-state index contributed by atoms with van der Waals surface area (Å²) in [6.45, 7) is 2.68. The second kappa shape index (κ2) is 4.30. The third kappa shape index (κ3) is 2.30. The van der Waals surface area contributed by atoms with Crippen LogP contribution in [-0.2, 0) is 16.6 Å². The van der Waals surface area contributed by atoms with Gasteiger partial charge in [0.05, 0.1) is 0 Å². The molecule has 0 bridgehead atoms. The van der Waals surface area contributed by atoms with Gasteiger partial charge in [-0.3, -0.25) is 4.68 Å². The van der Waals surface area contributed by atoms with Crippen molar-refractivity contribution in [2.45, 2.75) is 43.7 Å². The number of nitrogens with zero attached hydrogens (tertiary/aromatic N) is 3. The van der Waals surface area contributed by atoms with Gasteiger partial charge in [0.2, 0.25) is 10.0 Å². The van der Waals surface area contributed by atoms with Crippen LogP contribution in [0.1, 0.15) is 26.2 Å². The first-order valence-corrected chi connectivity index (χ1v) is 7.21. The van der Waals surface area contributed by atoms with Crippen LogP contribution in [-0.4, -0.2) is 35.6 Å². The molecule has 1 fully saturated rings. The molecule has 1 aromatic heterocycles. The van der Waals surface area contributed by atoms with Gasteiger partial charge in [0.15, 0.2) is 5.82 Å². The van der Waals surface area contributed by atoms with Gasteiger partial charge in [-0.15, -0.1) is 0 Å². The van der Waals surface area contributed by atoms with Crippen molar-refractivity contribution in [2.24, 2.45) is 0 Å². The molecule has 0 amide bonds. The Morgan fingerprint density at radius 3 is 2.76 bits per heavy atom. The summed E-state index contributed by atoms with van der Waals surface area (Å²) in [7, 11) is -1.88. The van der Waals surface area contributed by atoms with E-state index in [-0.39, 0.29) is 16.8 Å². The Hall–Kier alpha value is -1.08. The van der Waals surface area contributed by atoms with Crippen molar-refractivity contribution in [3.63, 3.8) is 0 Å². The Kier molecular flexibility index (Phi) is 3.13. The average Bonchev–Trinajstić information content (AvgIpc) is 3.03. The monoisotopic (exact) mass is 258 g/mol. The molecule has 1 aliphatic carbocycles. The highest BCUT2D eigenvalue weighted by molar-refractivity contribution is 7.89. The molecule has 0 radical (unpaired) electrons. The van der Waals surface area contributed by atoms with Crippen LogP contribution in [0.2, 0.25) is 0 Å². The van der Waals surface area contributed by atoms with Crippen molar-refractivity contribution in [3.8, 4) is 0 Å². The number of nitrogens with two attached hydrogens (primary N) is 1. The quantitative estimate of drug-likeness (QED) is 0.841. The molecule has 0 spiro atoms. The van der Waals surface area contributed by atoms with E-state index in [4.69, 9.17) is 5.73 Å². The van der Waals surface area contributed by atoms with Crippen molar-refractivity contribution < 1.29 is 8.42 Å². The van der Waals surface area contributed by atoms with Crippen molar-refractivity contribution >= 4 is 15.8 Å². The highest BCUT2D eigenvalue weighted by atomic mass is 32.2. The lowest BCUT2D eigenvalue weighted by Crippen LogP contribution is -2.29. The van der Waals surface area contributed by atoms with Gasteiger partial charge in [0.1, 0.15) is 4.90 Å². The van der Waals surface area contributed by atoms with Crippen LogP contribution >= 0.6 is 0 Å². The van der Waals surface area contributed by atoms with E-state index in [1.807, 2.05) is 6.92 Å². The van der Waals surface area contributed by atoms with E-state index in [0.29, 0.717) is 6.54 Å². The Labute approximate surface area is 101 Å². The Balaban J connectivity index is 2.31. The summed E-state index contributed by atoms with van der Waals surface area (Å²) in [4.78, 5) is 0.125. The molecule has 17 heavy (non-hydrogen) atoms. The van der Waals surface area contributed by atoms with Gasteiger partial charge in [-0.05, 0) is 19.3 Å². The van der Waals surface area contributed by atoms with E-state index in [1.165, 1.54) is 10.5 Å². The van der Waals surface area contributed by atoms with Crippen LogP contribution in [0.3, 0.4) is 0 Å². The highest BCUT2D eigenvalue weighted by Crippen LogP contribution is 2.31. The maximum atomic E-state index is 12.2. The Morgan fingerprint density at radius 1 is 1.59 bits per heavy atom. The lowest BCUT2D eigenvalue weighted by Gasteiger charge is -2.14. The summed E-state index contributed by atoms with van der Waals surface area (Å²) in [5.74, 6) is 0.0888. The first kappa shape index (κ1) is 12.4. The molecule has 1 aliphatic rings. The topological polar surface area (TPSA) is 81.2 Å². The normalized spacial score (nSPS) is 16.6. The first-order valence-electron chi connectivity index (χ1n) is 5.77. The van der Waals surface area contributed by atoms with E-state index < -0.39 is 10.0 Å². The van der Waals surface area contributed by atoms with Crippen molar-refractivity contribution in [2.75, 3.05) is 12.8 Å². The molecule has 96 valence electrons. The summed E-state index contributed by atoms with van der Waals surface area (Å²) in [5, 5.41) is 4.02. The minimum Gasteiger partial charge on any atom is -0.381 e. The zero-order chi connectivity index (χ0) is 12.6. The van der Waals surface area contributed by atoms with Crippen LogP contribution in [0, 0.1) is 0 Å². The van der Waals surface area contributed by atoms with Gasteiger partial charge < -0.3 is 5.73 Å². The van der Waals surface area contributed by atoms with Gasteiger partial charge in [-0.1, -0.05) is 6.92 Å². The molecule has 0 aromatic carbocycles. The van der Waals surface area contributed by atoms with Crippen LogP contribution in [0.4, 0.5) is 5.82 Å². The fourth-order valence-corrected chi connectivity index (χ4v) is 3.22. The van der Waals surface area contributed by atoms with Crippen LogP contribution in [0.25, 0.3) is 0 Å². The maximum absolute atomic E-state index is 12.2. The fourth-order valence-electron chi connectivity index (χ4n) is 1.75. The third-order valence-corrected chi connectivity index (χ3v) is 4.85. The number of anilines is 1. The second-order valence-electron chi connectivity index (χ2n) is 4.39. The lowest BCUT2D eigenvalue weighted by atomic mass is 10.5. The molecule has 0 atom stereocenters. The molecular weight excluding hydrogens is 240 g/mol. The summed E-state index contributed by atoms with van der Waals surface area (Å²) >= 11 is 0. The Morgan fingerprint density at radius 2 is 2.24 bits per heavy atom.